The van der Waals surface area contributed by atoms with E-state index in [0.29, 0.717) is 6.61 Å². The zero-order valence-electron chi connectivity index (χ0n) is 14.5. The molecule has 0 heterocycles. The van der Waals surface area contributed by atoms with Gasteiger partial charge in [0.25, 0.3) is 10.1 Å². The second kappa shape index (κ2) is 17.3. The van der Waals surface area contributed by atoms with E-state index >= 15 is 0 Å². The minimum atomic E-state index is -3.27. The Kier molecular flexibility index (Phi) is 19.9. The van der Waals surface area contributed by atoms with Gasteiger partial charge in [-0.1, -0.05) is 78.1 Å². The Bertz CT molecular complexity index is 292. The van der Waals surface area contributed by atoms with E-state index in [0.717, 1.165) is 44.9 Å². The summed E-state index contributed by atoms with van der Waals surface area (Å²) in [6.45, 7) is 4.71. The predicted octanol–water partition coefficient (Wildman–Crippen LogP) is 4.67. The minimum Gasteiger partial charge on any atom is -0.270 e. The summed E-state index contributed by atoms with van der Waals surface area (Å²) in [7, 11) is -3.27. The van der Waals surface area contributed by atoms with Crippen LogP contribution in [0.3, 0.4) is 0 Å². The molecule has 0 saturated heterocycles. The summed E-state index contributed by atoms with van der Waals surface area (Å²) in [4.78, 5) is 0. The molecule has 0 atom stereocenters. The Hall–Kier alpha value is 0.910. The van der Waals surface area contributed by atoms with Crippen LogP contribution in [0.4, 0.5) is 0 Å². The normalized spacial score (nSPS) is 11.3. The third-order valence-corrected chi connectivity index (χ3v) is 4.82. The monoisotopic (exact) mass is 329 g/mol. The van der Waals surface area contributed by atoms with Gasteiger partial charge in [0, 0.05) is 29.6 Å². The van der Waals surface area contributed by atoms with Gasteiger partial charge in [0.1, 0.15) is 0 Å². The molecule has 21 heavy (non-hydrogen) atoms. The summed E-state index contributed by atoms with van der Waals surface area (Å²) in [5, 5.41) is 0. The van der Waals surface area contributed by atoms with Crippen LogP contribution < -0.4 is 0 Å². The summed E-state index contributed by atoms with van der Waals surface area (Å²) in [5.41, 5.74) is 0. The van der Waals surface area contributed by atoms with Crippen LogP contribution in [-0.4, -0.2) is 50.3 Å². The summed E-state index contributed by atoms with van der Waals surface area (Å²) in [6, 6.07) is 0. The van der Waals surface area contributed by atoms with Gasteiger partial charge in [-0.05, 0) is 12.8 Å². The number of rotatable bonds is 15. The molecule has 3 nitrogen and oxygen atoms in total. The van der Waals surface area contributed by atoms with Gasteiger partial charge in [0.15, 0.2) is 0 Å². The van der Waals surface area contributed by atoms with E-state index in [2.05, 4.69) is 13.8 Å². The van der Waals surface area contributed by atoms with Gasteiger partial charge >= 0.3 is 0 Å². The second-order valence-electron chi connectivity index (χ2n) is 5.62. The van der Waals surface area contributed by atoms with Crippen molar-refractivity contribution >= 4 is 39.7 Å². The zero-order chi connectivity index (χ0) is 15.1. The average molecular weight is 330 g/mol. The van der Waals surface area contributed by atoms with E-state index in [9.17, 15) is 8.42 Å². The van der Waals surface area contributed by atoms with Crippen LogP contribution in [0, 0.1) is 0 Å². The molecule has 123 valence electrons. The minimum absolute atomic E-state index is 0. The van der Waals surface area contributed by atoms with Crippen LogP contribution >= 0.6 is 0 Å². The largest absolute Gasteiger partial charge is 0.270 e. The van der Waals surface area contributed by atoms with Crippen molar-refractivity contribution in [2.75, 3.05) is 12.4 Å². The molecule has 0 unspecified atom stereocenters. The summed E-state index contributed by atoms with van der Waals surface area (Å²) < 4.78 is 28.2. The first-order chi connectivity index (χ1) is 9.62. The van der Waals surface area contributed by atoms with Crippen molar-refractivity contribution in [3.63, 3.8) is 0 Å². The van der Waals surface area contributed by atoms with Crippen molar-refractivity contribution in [2.45, 2.75) is 90.9 Å². The van der Waals surface area contributed by atoms with Crippen LogP contribution in [0.2, 0.25) is 0 Å². The van der Waals surface area contributed by atoms with Gasteiger partial charge in [-0.2, -0.15) is 8.42 Å². The molecule has 0 aliphatic heterocycles. The first kappa shape index (κ1) is 24.2. The van der Waals surface area contributed by atoms with Crippen LogP contribution in [-0.2, 0) is 14.3 Å². The van der Waals surface area contributed by atoms with E-state index < -0.39 is 10.1 Å². The molecule has 0 amide bonds. The van der Waals surface area contributed by atoms with Crippen LogP contribution in [0.25, 0.3) is 0 Å². The van der Waals surface area contributed by atoms with Gasteiger partial charge in [0.05, 0.1) is 12.4 Å². The SMILES string of the molecule is CCCCCCCCCCS(=O)(=O)OCCCCCC.[Na]. The number of unbranched alkanes of at least 4 members (excludes halogenated alkanes) is 10. The average Bonchev–Trinajstić information content (AvgIpc) is 2.41. The molecule has 0 saturated carbocycles. The van der Waals surface area contributed by atoms with Crippen molar-refractivity contribution in [3.05, 3.63) is 0 Å². The summed E-state index contributed by atoms with van der Waals surface area (Å²) in [6.07, 6.45) is 13.5. The van der Waals surface area contributed by atoms with Gasteiger partial charge in [0.2, 0.25) is 0 Å². The third-order valence-electron chi connectivity index (χ3n) is 3.51. The quantitative estimate of drug-likeness (QED) is 0.249. The first-order valence-corrected chi connectivity index (χ1v) is 10.1. The van der Waals surface area contributed by atoms with Crippen molar-refractivity contribution in [1.29, 1.82) is 0 Å². The van der Waals surface area contributed by atoms with E-state index in [4.69, 9.17) is 4.18 Å². The van der Waals surface area contributed by atoms with Gasteiger partial charge in [-0.25, -0.2) is 0 Å². The molecular weight excluding hydrogens is 295 g/mol. The van der Waals surface area contributed by atoms with Crippen molar-refractivity contribution in [2.24, 2.45) is 0 Å². The maximum Gasteiger partial charge on any atom is 0.267 e. The van der Waals surface area contributed by atoms with Crippen LogP contribution in [0.15, 0.2) is 0 Å². The van der Waals surface area contributed by atoms with Crippen LogP contribution in [0.5, 0.6) is 0 Å². The maximum atomic E-state index is 11.6. The molecule has 0 aromatic rings. The molecule has 0 aliphatic rings. The summed E-state index contributed by atoms with van der Waals surface area (Å²) in [5.74, 6) is 0.190. The van der Waals surface area contributed by atoms with Gasteiger partial charge in [-0.3, -0.25) is 4.18 Å². The molecule has 0 aliphatic carbocycles. The van der Waals surface area contributed by atoms with E-state index in [1.807, 2.05) is 0 Å². The molecule has 0 rings (SSSR count). The molecule has 0 bridgehead atoms. The smallest absolute Gasteiger partial charge is 0.267 e. The first-order valence-electron chi connectivity index (χ1n) is 8.49. The van der Waals surface area contributed by atoms with Crippen molar-refractivity contribution in [3.8, 4) is 0 Å². The van der Waals surface area contributed by atoms with Crippen molar-refractivity contribution < 1.29 is 12.6 Å². The molecule has 0 fully saturated rings. The van der Waals surface area contributed by atoms with Crippen LogP contribution in [0.1, 0.15) is 90.9 Å². The summed E-state index contributed by atoms with van der Waals surface area (Å²) >= 11 is 0. The molecule has 0 aromatic carbocycles. The van der Waals surface area contributed by atoms with E-state index in [1.165, 1.54) is 32.1 Å². The Morgan fingerprint density at radius 2 is 1.10 bits per heavy atom. The number of hydrogen-bond donors (Lipinski definition) is 0. The molecule has 0 spiro atoms. The molecule has 0 aromatic heterocycles. The fourth-order valence-corrected chi connectivity index (χ4v) is 3.23. The third kappa shape index (κ3) is 18.9. The fourth-order valence-electron chi connectivity index (χ4n) is 2.19. The Morgan fingerprint density at radius 3 is 1.62 bits per heavy atom. The van der Waals surface area contributed by atoms with E-state index in [-0.39, 0.29) is 35.3 Å². The topological polar surface area (TPSA) is 43.4 Å². The Morgan fingerprint density at radius 1 is 0.667 bits per heavy atom. The Balaban J connectivity index is 0. The maximum absolute atomic E-state index is 11.6. The zero-order valence-corrected chi connectivity index (χ0v) is 17.3. The molecular formula is C16H34NaO3S. The standard InChI is InChI=1S/C16H34O3S.Na/c1-3-5-7-9-10-11-12-14-16-20(17,18)19-15-13-8-6-4-2;/h3-16H2,1-2H3;. The fraction of sp³-hybridized carbons (Fsp3) is 1.00. The van der Waals surface area contributed by atoms with Gasteiger partial charge in [-0.15, -0.1) is 0 Å². The van der Waals surface area contributed by atoms with E-state index in [1.54, 1.807) is 0 Å². The van der Waals surface area contributed by atoms with Gasteiger partial charge < -0.3 is 0 Å². The Labute approximate surface area is 155 Å². The molecule has 1 radical (unpaired) electrons. The van der Waals surface area contributed by atoms with Crippen molar-refractivity contribution in [1.82, 2.24) is 0 Å². The molecule has 5 heteroatoms. The predicted molar refractivity (Wildman–Crippen MR) is 92.2 cm³/mol. The molecule has 0 N–H and O–H groups in total. The second-order valence-corrected chi connectivity index (χ2v) is 7.38. The number of hydrogen-bond acceptors (Lipinski definition) is 3.